The molecule has 4 saturated carbocycles. The number of aliphatic carboxylic acids is 2. The Morgan fingerprint density at radius 2 is 0.889 bits per heavy atom. The third-order valence-corrected chi connectivity index (χ3v) is 24.1. The van der Waals surface area contributed by atoms with Crippen molar-refractivity contribution in [3.63, 3.8) is 0 Å². The number of carbonyl (C=O) groups excluding carboxylic acids is 14. The van der Waals surface area contributed by atoms with Crippen molar-refractivity contribution < 1.29 is 160 Å². The smallest absolute Gasteiger partial charge is 1.00 e. The van der Waals surface area contributed by atoms with Crippen LogP contribution < -0.4 is 56.5 Å². The molecule has 0 bridgehead atoms. The Hall–Kier alpha value is -10.3. The summed E-state index contributed by atoms with van der Waals surface area (Å²) in [4.78, 5) is 203. The van der Waals surface area contributed by atoms with Crippen molar-refractivity contribution in [1.29, 1.82) is 0 Å². The fraction of sp³-hybridized carbons (Fsp3) is 0.725. The van der Waals surface area contributed by atoms with E-state index in [0.717, 1.165) is 83.5 Å². The second kappa shape index (κ2) is 61.4. The number of unbranched alkanes of at least 4 members (excludes halogenated alkanes) is 6. The molecule has 4 aliphatic carbocycles. The minimum Gasteiger partial charge on any atom is -1.00 e. The summed E-state index contributed by atoms with van der Waals surface area (Å²) in [5, 5.41) is 46.3. The predicted octanol–water partition coefficient (Wildman–Crippen LogP) is 11.1. The molecule has 10 amide bonds. The van der Waals surface area contributed by atoms with E-state index in [1.807, 2.05) is 18.2 Å². The van der Waals surface area contributed by atoms with Crippen LogP contribution in [0.3, 0.4) is 0 Å². The monoisotopic (exact) mass is 2050 g/mol. The van der Waals surface area contributed by atoms with Gasteiger partial charge < -0.3 is 102 Å². The molecule has 40 nitrogen and oxygen atoms in total. The average molecular weight is 2060 g/mol. The summed E-state index contributed by atoms with van der Waals surface area (Å²) >= 11 is 0. The van der Waals surface area contributed by atoms with Crippen molar-refractivity contribution in [2.24, 2.45) is 29.4 Å². The molecule has 0 aromatic carbocycles. The fourth-order valence-corrected chi connectivity index (χ4v) is 16.7. The minimum atomic E-state index is -1.12. The van der Waals surface area contributed by atoms with Gasteiger partial charge in [0.25, 0.3) is 0 Å². The molecule has 814 valence electrons. The maximum Gasteiger partial charge on any atom is 1.00 e. The van der Waals surface area contributed by atoms with E-state index in [9.17, 15) is 76.7 Å². The molecule has 0 aromatic rings. The summed E-state index contributed by atoms with van der Waals surface area (Å²) in [5.41, 5.74) is -1.51. The van der Waals surface area contributed by atoms with Gasteiger partial charge in [0.05, 0.1) is 26.4 Å². The standard InChI is InChI=1S/C27H43N3O6.C25H39N3O6.C18H28N2O5.C14H25NO4.C10H17NO4.C8H13NO2.ClH.Li.H2O2.H/c1-7-10-11-12-13-15-20(28-25(34)36-26(4,5)6)23(32)30-17-14-16-21(30)22(31)29-27(18-19(27)8-2)24(33)35-9-3;1-5-33-22(31)25-16-17(25)12-9-7-6-8-10-13-18(26-23(32)34-24(2,3)4)21(30)28-15-11-14-19(28)20(29)27-25;1-6-12-11-18(12,15(22)24-7-2)19-14(21)13-9-8-10-20(13)16(23)25-17(3,4)5;1-5-6-7-8-9-10-11(12(16)17)15-13(18)19-14(2,3)4;1-10(2,3)15-9(14)11-6-4-5-7(11)8(12)13;1-3-6-5-8(6,9)7(10)11-4-2;;;1-2;/h7-8,19-21H,1-2,9-18H2,3-6H3,(H,28,34)(H,29,31);9,12,17-19H,5-8,10-11,13-16H2,1-4H3,(H,26,32)(H,27,29);6,12-13H,1,7-11H2,2-5H3,(H,19,21);5,11H,1,6-10H2,2-4H3,(H,15,18)(H,16,17);7H,4-6H2,1-3H3,(H,12,13);3,6H,1,4-5,9H2,2H3;1H;;1-2H;/q;;;;;;;+1;;-1/b;12-9-;;;;;;;;/t19?,20-,21-,27+;17-,18+,19+,25-;12?,13?,18-;11-;7-;6?,8-;;;;/m011001..../s1. The topological polar surface area (TPSA) is 548 Å². The number of carboxylic acids is 2. The first-order valence-electron chi connectivity index (χ1n) is 49.9. The summed E-state index contributed by atoms with van der Waals surface area (Å²) < 4.78 is 46.6. The minimum absolute atomic E-state index is 0. The molecule has 4 unspecified atom stereocenters. The first-order chi connectivity index (χ1) is 66.4. The number of carbonyl (C=O) groups is 16. The van der Waals surface area contributed by atoms with Crippen molar-refractivity contribution in [3.05, 3.63) is 75.4 Å². The van der Waals surface area contributed by atoms with Gasteiger partial charge in [-0.1, -0.05) is 81.1 Å². The molecular formula is C102H169ClLiN11O29. The van der Waals surface area contributed by atoms with Crippen LogP contribution in [0.25, 0.3) is 0 Å². The van der Waals surface area contributed by atoms with Gasteiger partial charge in [0.2, 0.25) is 29.5 Å². The zero-order valence-electron chi connectivity index (χ0n) is 89.9. The Morgan fingerprint density at radius 1 is 0.486 bits per heavy atom. The number of fused-ring (bicyclic) bond motifs is 2. The number of alkyl carbamates (subject to hydrolysis) is 3. The first-order valence-corrected chi connectivity index (χ1v) is 49.9. The number of nitrogens with one attached hydrogen (secondary N) is 6. The van der Waals surface area contributed by atoms with Gasteiger partial charge in [-0.25, -0.2) is 47.9 Å². The average Bonchev–Trinajstić information content (AvgIpc) is 1.59. The Labute approximate surface area is 870 Å². The van der Waals surface area contributed by atoms with E-state index >= 15 is 0 Å². The van der Waals surface area contributed by atoms with E-state index in [4.69, 9.17) is 69.1 Å². The molecule has 0 spiro atoms. The molecule has 42 heteroatoms. The van der Waals surface area contributed by atoms with Crippen LogP contribution >= 0.6 is 12.4 Å². The molecule has 8 fully saturated rings. The first kappa shape index (κ1) is 132. The predicted molar refractivity (Wildman–Crippen MR) is 538 cm³/mol. The molecule has 144 heavy (non-hydrogen) atoms. The van der Waals surface area contributed by atoms with E-state index in [1.165, 1.54) is 14.7 Å². The maximum atomic E-state index is 13.6. The Balaban J connectivity index is 0.00000177. The number of nitrogens with zero attached hydrogens (tertiary/aromatic N) is 4. The van der Waals surface area contributed by atoms with Crippen LogP contribution in [0.5, 0.6) is 0 Å². The molecule has 5 aliphatic heterocycles. The van der Waals surface area contributed by atoms with Gasteiger partial charge in [-0.2, -0.15) is 0 Å². The van der Waals surface area contributed by atoms with Crippen molar-refractivity contribution in [3.8, 4) is 0 Å². The van der Waals surface area contributed by atoms with Crippen molar-refractivity contribution in [2.45, 2.75) is 397 Å². The van der Waals surface area contributed by atoms with Crippen LogP contribution in [0.15, 0.2) is 75.4 Å². The molecular weight excluding hydrogens is 1890 g/mol. The van der Waals surface area contributed by atoms with E-state index in [2.05, 4.69) is 70.9 Å². The third-order valence-electron chi connectivity index (χ3n) is 24.1. The van der Waals surface area contributed by atoms with Gasteiger partial charge >= 0.3 is 85.1 Å². The second-order valence-electron chi connectivity index (χ2n) is 41.5. The van der Waals surface area contributed by atoms with Crippen LogP contribution in [0, 0.1) is 23.7 Å². The zero-order valence-corrected chi connectivity index (χ0v) is 89.8. The quantitative estimate of drug-likeness (QED) is 0.00553. The number of esters is 4. The number of ether oxygens (including phenoxy) is 9. The summed E-state index contributed by atoms with van der Waals surface area (Å²) in [6.45, 7) is 54.6. The summed E-state index contributed by atoms with van der Waals surface area (Å²) in [7, 11) is 0. The van der Waals surface area contributed by atoms with Gasteiger partial charge in [-0.3, -0.25) is 49.1 Å². The van der Waals surface area contributed by atoms with E-state index in [1.54, 1.807) is 155 Å². The SMILES string of the molecule is C=CC1C[C@]1(N)C(=O)OCC.C=CC1C[C@]1(NC(=O)C1CCCN1C(=O)OC(C)(C)C)C(=O)OCC.C=CCCCCC[C@H](NC(=O)OC(C)(C)C)C(=O)N1CCC[C@H]1C(=O)N[C@]1(C(=O)OCC)CC1C=C.C=CCCCCC[C@H](NC(=O)OC(C)(C)C)C(=O)O.CC(C)(C)OC(=O)N1CCC[C@H]1C(=O)O.CCOC(=O)[C@@]12C[C@H]1/C=C\CCCCC[C@H](NC(=O)OC(C)(C)C)C(=O)N1CCC[C@H]1C(=O)N2.Cl.OO.[H-].[Li+]. The number of nitrogens with two attached hydrogens (primary N) is 1. The number of hydrogen-bond acceptors (Lipinski definition) is 28. The van der Waals surface area contributed by atoms with Crippen LogP contribution in [0.4, 0.5) is 24.0 Å². The summed E-state index contributed by atoms with van der Waals surface area (Å²) in [6.07, 6.45) is 28.4. The Kier molecular flexibility index (Phi) is 56.1. The number of carboxylic acid groups (broad SMARTS) is 2. The van der Waals surface area contributed by atoms with Crippen molar-refractivity contribution >= 4 is 108 Å². The van der Waals surface area contributed by atoms with Crippen LogP contribution in [0.1, 0.15) is 306 Å². The van der Waals surface area contributed by atoms with Gasteiger partial charge in [-0.05, 0) is 266 Å². The number of hydrogen-bond donors (Lipinski definition) is 11. The molecule has 12 N–H and O–H groups in total. The largest absolute Gasteiger partial charge is 1.00 e. The van der Waals surface area contributed by atoms with E-state index < -0.39 is 153 Å². The van der Waals surface area contributed by atoms with Gasteiger partial charge in [0.1, 0.15) is 92.5 Å². The molecule has 9 aliphatic rings. The molecule has 0 radical (unpaired) electrons. The normalized spacial score (nSPS) is 24.8. The van der Waals surface area contributed by atoms with Crippen molar-refractivity contribution in [2.75, 3.05) is 52.6 Å². The Morgan fingerprint density at radius 3 is 1.31 bits per heavy atom. The van der Waals surface area contributed by atoms with Gasteiger partial charge in [0.15, 0.2) is 0 Å². The third kappa shape index (κ3) is 43.4. The molecule has 4 saturated heterocycles. The van der Waals surface area contributed by atoms with Crippen molar-refractivity contribution in [1.82, 2.24) is 51.5 Å². The number of rotatable bonds is 33. The number of likely N-dealkylation sites (tertiary alicyclic amines) is 3. The number of halogens is 1. The van der Waals surface area contributed by atoms with E-state index in [0.29, 0.717) is 123 Å². The molecule has 15 atom stereocenters. The maximum absolute atomic E-state index is 13.6. The Bertz CT molecular complexity index is 4320. The molecule has 0 aromatic heterocycles. The zero-order chi connectivity index (χ0) is 108. The second-order valence-corrected chi connectivity index (χ2v) is 41.5. The number of amides is 10. The van der Waals surface area contributed by atoms with Gasteiger partial charge in [0, 0.05) is 49.9 Å². The summed E-state index contributed by atoms with van der Waals surface area (Å²) in [5.74, 6) is -5.68. The van der Waals surface area contributed by atoms with Crippen LogP contribution in [-0.4, -0.2) is 281 Å². The number of allylic oxidation sites excluding steroid dienone is 3. The van der Waals surface area contributed by atoms with E-state index in [-0.39, 0.29) is 112 Å². The van der Waals surface area contributed by atoms with Crippen LogP contribution in [-0.2, 0) is 95.4 Å². The summed E-state index contributed by atoms with van der Waals surface area (Å²) in [6, 6.07) is -5.23. The van der Waals surface area contributed by atoms with Crippen LogP contribution in [0.2, 0.25) is 0 Å². The molecule has 9 rings (SSSR count). The molecule has 5 heterocycles. The van der Waals surface area contributed by atoms with Gasteiger partial charge in [-0.15, -0.1) is 45.3 Å². The fourth-order valence-electron chi connectivity index (χ4n) is 16.7.